The Balaban J connectivity index is 1.84. The van der Waals surface area contributed by atoms with E-state index in [4.69, 9.17) is 16.7 Å². The molecule has 2 aromatic heterocycles. The summed E-state index contributed by atoms with van der Waals surface area (Å²) in [6, 6.07) is 8.80. The highest BCUT2D eigenvalue weighted by Gasteiger charge is 2.29. The van der Waals surface area contributed by atoms with Crippen LogP contribution in [0.3, 0.4) is 0 Å². The second-order valence-corrected chi connectivity index (χ2v) is 5.84. The topological polar surface area (TPSA) is 180 Å². The first-order chi connectivity index (χ1) is 13.6. The number of nitriles is 2. The van der Waals surface area contributed by atoms with E-state index in [9.17, 15) is 5.26 Å². The van der Waals surface area contributed by atoms with Crippen LogP contribution in [0.1, 0.15) is 22.7 Å². The van der Waals surface area contributed by atoms with Crippen molar-refractivity contribution < 1.29 is 0 Å². The van der Waals surface area contributed by atoms with Gasteiger partial charge in [-0.3, -0.25) is 5.32 Å². The summed E-state index contributed by atoms with van der Waals surface area (Å²) >= 11 is 0. The van der Waals surface area contributed by atoms with E-state index in [-0.39, 0.29) is 23.0 Å². The van der Waals surface area contributed by atoms with Crippen LogP contribution in [0, 0.1) is 22.8 Å². The molecule has 0 aliphatic carbocycles. The molecule has 0 spiro atoms. The fourth-order valence-electron chi connectivity index (χ4n) is 2.98. The Kier molecular flexibility index (Phi) is 3.95. The summed E-state index contributed by atoms with van der Waals surface area (Å²) in [6.07, 6.45) is 5.13. The van der Waals surface area contributed by atoms with Crippen molar-refractivity contribution in [1.82, 2.24) is 25.3 Å². The van der Waals surface area contributed by atoms with Crippen molar-refractivity contribution in [3.8, 4) is 17.9 Å². The minimum absolute atomic E-state index is 0.00439. The summed E-state index contributed by atoms with van der Waals surface area (Å²) in [4.78, 5) is 8.73. The zero-order valence-electron chi connectivity index (χ0n) is 14.3. The summed E-state index contributed by atoms with van der Waals surface area (Å²) in [6.45, 7) is 0. The summed E-state index contributed by atoms with van der Waals surface area (Å²) in [5, 5.41) is 31.4. The van der Waals surface area contributed by atoms with Gasteiger partial charge in [0.25, 0.3) is 0 Å². The maximum absolute atomic E-state index is 9.36. The van der Waals surface area contributed by atoms with Crippen molar-refractivity contribution >= 4 is 23.3 Å². The molecule has 0 saturated carbocycles. The first kappa shape index (κ1) is 16.8. The molecule has 11 nitrogen and oxygen atoms in total. The van der Waals surface area contributed by atoms with Crippen LogP contribution < -0.4 is 22.1 Å². The molecule has 11 heteroatoms. The molecule has 1 aliphatic rings. The van der Waals surface area contributed by atoms with Crippen LogP contribution in [0.4, 0.5) is 17.3 Å². The molecule has 4 rings (SSSR count). The molecular formula is C17H13N11. The normalized spacial score (nSPS) is 14.8. The predicted molar refractivity (Wildman–Crippen MR) is 101 cm³/mol. The Morgan fingerprint density at radius 3 is 2.61 bits per heavy atom. The molecule has 0 bridgehead atoms. The van der Waals surface area contributed by atoms with Crippen molar-refractivity contribution in [2.45, 2.75) is 6.04 Å². The van der Waals surface area contributed by atoms with Crippen LogP contribution in [0.5, 0.6) is 0 Å². The van der Waals surface area contributed by atoms with Gasteiger partial charge in [0.2, 0.25) is 5.96 Å². The van der Waals surface area contributed by atoms with Crippen LogP contribution >= 0.6 is 0 Å². The SMILES string of the molecule is N#CNC1=NC(c2ccc(-n3ccnn3)cc2)c2c(nc(N)c(C#N)c2N)N1. The molecule has 0 amide bonds. The monoisotopic (exact) mass is 371 g/mol. The molecule has 0 radical (unpaired) electrons. The number of benzene rings is 1. The van der Waals surface area contributed by atoms with Crippen LogP contribution in [-0.4, -0.2) is 25.9 Å². The maximum Gasteiger partial charge on any atom is 0.211 e. The Hall–Kier alpha value is -4.64. The number of anilines is 3. The standard InChI is InChI=1S/C17H13N11/c18-7-11-13(20)12-14(24-17(22-8-19)26-16(12)25-15(11)21)9-1-3-10(4-2-9)28-6-5-23-27-28/h1-6,14H,(H6,20,21,22,24,25,26). The van der Waals surface area contributed by atoms with Gasteiger partial charge in [-0.2, -0.15) is 10.5 Å². The van der Waals surface area contributed by atoms with E-state index in [2.05, 4.69) is 30.9 Å². The first-order valence-corrected chi connectivity index (χ1v) is 8.08. The van der Waals surface area contributed by atoms with Gasteiger partial charge in [0.15, 0.2) is 6.19 Å². The van der Waals surface area contributed by atoms with Gasteiger partial charge in [-0.15, -0.1) is 5.10 Å². The summed E-state index contributed by atoms with van der Waals surface area (Å²) < 4.78 is 1.62. The number of nitrogen functional groups attached to an aromatic ring is 2. The highest BCUT2D eigenvalue weighted by Crippen LogP contribution is 2.40. The molecule has 6 N–H and O–H groups in total. The molecule has 28 heavy (non-hydrogen) atoms. The molecule has 1 aromatic carbocycles. The second kappa shape index (κ2) is 6.59. The van der Waals surface area contributed by atoms with E-state index in [1.54, 1.807) is 17.1 Å². The van der Waals surface area contributed by atoms with Gasteiger partial charge in [-0.05, 0) is 17.7 Å². The van der Waals surface area contributed by atoms with Gasteiger partial charge in [-0.25, -0.2) is 14.7 Å². The summed E-state index contributed by atoms with van der Waals surface area (Å²) in [5.74, 6) is 0.549. The highest BCUT2D eigenvalue weighted by molar-refractivity contribution is 5.98. The number of rotatable bonds is 2. The molecule has 0 saturated heterocycles. The third-order valence-corrected chi connectivity index (χ3v) is 4.25. The van der Waals surface area contributed by atoms with E-state index in [1.165, 1.54) is 0 Å². The summed E-state index contributed by atoms with van der Waals surface area (Å²) in [7, 11) is 0. The molecular weight excluding hydrogens is 358 g/mol. The Labute approximate surface area is 158 Å². The van der Waals surface area contributed by atoms with Crippen LogP contribution in [-0.2, 0) is 0 Å². The highest BCUT2D eigenvalue weighted by atomic mass is 15.4. The fraction of sp³-hybridized carbons (Fsp3) is 0.0588. The van der Waals surface area contributed by atoms with Crippen molar-refractivity contribution in [2.75, 3.05) is 16.8 Å². The lowest BCUT2D eigenvalue weighted by molar-refractivity contribution is 0.799. The lowest BCUT2D eigenvalue weighted by Gasteiger charge is -2.26. The number of pyridine rings is 1. The average Bonchev–Trinajstić information content (AvgIpc) is 3.23. The minimum atomic E-state index is -0.586. The fourth-order valence-corrected chi connectivity index (χ4v) is 2.98. The predicted octanol–water partition coefficient (Wildman–Crippen LogP) is 0.640. The van der Waals surface area contributed by atoms with E-state index in [0.29, 0.717) is 11.4 Å². The second-order valence-electron chi connectivity index (χ2n) is 5.84. The van der Waals surface area contributed by atoms with Gasteiger partial charge in [-0.1, -0.05) is 17.3 Å². The molecule has 3 heterocycles. The van der Waals surface area contributed by atoms with Crippen LogP contribution in [0.2, 0.25) is 0 Å². The van der Waals surface area contributed by atoms with Crippen molar-refractivity contribution in [3.63, 3.8) is 0 Å². The maximum atomic E-state index is 9.36. The molecule has 1 unspecified atom stereocenters. The largest absolute Gasteiger partial charge is 0.397 e. The number of nitrogens with zero attached hydrogens (tertiary/aromatic N) is 7. The molecule has 1 aliphatic heterocycles. The Morgan fingerprint density at radius 2 is 1.96 bits per heavy atom. The van der Waals surface area contributed by atoms with Crippen LogP contribution in [0.15, 0.2) is 41.7 Å². The van der Waals surface area contributed by atoms with Crippen molar-refractivity contribution in [2.24, 2.45) is 4.99 Å². The number of aliphatic imine (C=N–C) groups is 1. The number of nitrogens with one attached hydrogen (secondary N) is 2. The van der Waals surface area contributed by atoms with E-state index < -0.39 is 6.04 Å². The number of hydrogen-bond acceptors (Lipinski definition) is 10. The quantitative estimate of drug-likeness (QED) is 0.371. The molecule has 3 aromatic rings. The zero-order chi connectivity index (χ0) is 19.7. The number of fused-ring (bicyclic) bond motifs is 1. The minimum Gasteiger partial charge on any atom is -0.397 e. The number of aromatic nitrogens is 4. The van der Waals surface area contributed by atoms with Gasteiger partial charge in [0, 0.05) is 5.56 Å². The van der Waals surface area contributed by atoms with E-state index >= 15 is 0 Å². The number of guanidine groups is 1. The van der Waals surface area contributed by atoms with Gasteiger partial charge in [0.05, 0.1) is 23.8 Å². The van der Waals surface area contributed by atoms with Gasteiger partial charge in [0.1, 0.15) is 29.3 Å². The van der Waals surface area contributed by atoms with Crippen molar-refractivity contribution in [3.05, 3.63) is 53.3 Å². The Bertz CT molecular complexity index is 1150. The average molecular weight is 371 g/mol. The lowest BCUT2D eigenvalue weighted by Crippen LogP contribution is -2.32. The van der Waals surface area contributed by atoms with Gasteiger partial charge < -0.3 is 16.8 Å². The van der Waals surface area contributed by atoms with E-state index in [0.717, 1.165) is 11.3 Å². The smallest absolute Gasteiger partial charge is 0.211 e. The first-order valence-electron chi connectivity index (χ1n) is 8.08. The van der Waals surface area contributed by atoms with Gasteiger partial charge >= 0.3 is 0 Å². The third kappa shape index (κ3) is 2.69. The number of hydrogen-bond donors (Lipinski definition) is 4. The molecule has 1 atom stereocenters. The molecule has 136 valence electrons. The number of nitrogens with two attached hydrogens (primary N) is 2. The third-order valence-electron chi connectivity index (χ3n) is 4.25. The van der Waals surface area contributed by atoms with Crippen molar-refractivity contribution in [1.29, 1.82) is 10.5 Å². The Morgan fingerprint density at radius 1 is 1.18 bits per heavy atom. The van der Waals surface area contributed by atoms with E-state index in [1.807, 2.05) is 36.5 Å². The lowest BCUT2D eigenvalue weighted by atomic mass is 9.95. The zero-order valence-corrected chi connectivity index (χ0v) is 14.3. The molecule has 0 fully saturated rings. The summed E-state index contributed by atoms with van der Waals surface area (Å²) in [5.41, 5.74) is 14.5. The van der Waals surface area contributed by atoms with Crippen LogP contribution in [0.25, 0.3) is 5.69 Å².